The summed E-state index contributed by atoms with van der Waals surface area (Å²) < 4.78 is 32.3. The Labute approximate surface area is 271 Å². The van der Waals surface area contributed by atoms with Crippen molar-refractivity contribution in [2.45, 2.75) is 142 Å². The van der Waals surface area contributed by atoms with Crippen LogP contribution in [0.5, 0.6) is 0 Å². The molecule has 0 saturated carbocycles. The molecule has 262 valence electrons. The fourth-order valence-corrected chi connectivity index (χ4v) is 4.97. The molecule has 0 aromatic heterocycles. The molecular formula is C34H61O10P. The van der Waals surface area contributed by atoms with E-state index in [0.29, 0.717) is 12.8 Å². The summed E-state index contributed by atoms with van der Waals surface area (Å²) in [6, 6.07) is 0. The van der Waals surface area contributed by atoms with Crippen molar-refractivity contribution in [3.63, 3.8) is 0 Å². The predicted molar refractivity (Wildman–Crippen MR) is 178 cm³/mol. The Morgan fingerprint density at radius 1 is 0.689 bits per heavy atom. The van der Waals surface area contributed by atoms with E-state index in [9.17, 15) is 24.2 Å². The van der Waals surface area contributed by atoms with Gasteiger partial charge in [-0.1, -0.05) is 108 Å². The minimum Gasteiger partial charge on any atom is -0.462 e. The van der Waals surface area contributed by atoms with Crippen molar-refractivity contribution in [1.29, 1.82) is 0 Å². The average molecular weight is 661 g/mol. The fraction of sp³-hybridized carbons (Fsp3) is 0.765. The minimum atomic E-state index is -4.60. The van der Waals surface area contributed by atoms with Gasteiger partial charge >= 0.3 is 19.8 Å². The maximum Gasteiger partial charge on any atom is 0.472 e. The molecule has 3 N–H and O–H groups in total. The van der Waals surface area contributed by atoms with E-state index < -0.39 is 51.8 Å². The maximum absolute atomic E-state index is 12.5. The number of rotatable bonds is 31. The van der Waals surface area contributed by atoms with E-state index in [1.807, 2.05) is 0 Å². The number of ether oxygens (including phenoxy) is 2. The van der Waals surface area contributed by atoms with Gasteiger partial charge in [-0.05, 0) is 44.9 Å². The van der Waals surface area contributed by atoms with Crippen molar-refractivity contribution >= 4 is 19.8 Å². The second-order valence-electron chi connectivity index (χ2n) is 11.2. The summed E-state index contributed by atoms with van der Waals surface area (Å²) in [5.41, 5.74) is 0. The lowest BCUT2D eigenvalue weighted by atomic mass is 10.1. The molecule has 0 aliphatic heterocycles. The van der Waals surface area contributed by atoms with Gasteiger partial charge in [0, 0.05) is 12.8 Å². The van der Waals surface area contributed by atoms with Crippen LogP contribution in [0.1, 0.15) is 129 Å². The molecule has 10 nitrogen and oxygen atoms in total. The standard InChI is InChI=1S/C34H61O10P/c1-3-5-7-9-10-11-12-13-14-15-16-17-18-19-20-22-24-26-34(38)44-32(29-41-33(37)25-23-21-8-6-4-2)30-43-45(39,40)42-28-31(36)27-35/h5,7,10-11,13-14,31-32,35-36H,3-4,6,8-9,12,15-30H2,1-2H3,(H,39,40)/b7-5-,11-10-,14-13-. The van der Waals surface area contributed by atoms with Crippen LogP contribution in [0.4, 0.5) is 0 Å². The van der Waals surface area contributed by atoms with Crippen LogP contribution < -0.4 is 0 Å². The number of carbonyl (C=O) groups excluding carboxylic acids is 2. The Morgan fingerprint density at radius 3 is 1.84 bits per heavy atom. The monoisotopic (exact) mass is 660 g/mol. The Balaban J connectivity index is 4.31. The number of aliphatic hydroxyl groups excluding tert-OH is 2. The molecule has 0 amide bonds. The number of hydrogen-bond donors (Lipinski definition) is 3. The van der Waals surface area contributed by atoms with Crippen molar-refractivity contribution in [2.75, 3.05) is 26.4 Å². The van der Waals surface area contributed by atoms with E-state index in [1.165, 1.54) is 12.8 Å². The highest BCUT2D eigenvalue weighted by atomic mass is 31.2. The van der Waals surface area contributed by atoms with Crippen molar-refractivity contribution in [3.8, 4) is 0 Å². The van der Waals surface area contributed by atoms with Gasteiger partial charge in [0.25, 0.3) is 0 Å². The number of aliphatic hydroxyl groups is 2. The lowest BCUT2D eigenvalue weighted by Gasteiger charge is -2.20. The molecule has 0 rings (SSSR count). The number of hydrogen-bond acceptors (Lipinski definition) is 9. The molecule has 0 fully saturated rings. The number of allylic oxidation sites excluding steroid dienone is 6. The number of phosphoric acid groups is 1. The normalized spacial score (nSPS) is 14.7. The highest BCUT2D eigenvalue weighted by Crippen LogP contribution is 2.43. The van der Waals surface area contributed by atoms with Crippen LogP contribution in [-0.4, -0.2) is 65.7 Å². The first-order valence-corrected chi connectivity index (χ1v) is 18.4. The van der Waals surface area contributed by atoms with Crippen LogP contribution in [0.2, 0.25) is 0 Å². The Kier molecular flexibility index (Phi) is 29.6. The Bertz CT molecular complexity index is 858. The molecule has 3 unspecified atom stereocenters. The zero-order valence-corrected chi connectivity index (χ0v) is 28.7. The van der Waals surface area contributed by atoms with Gasteiger partial charge in [-0.15, -0.1) is 0 Å². The summed E-state index contributed by atoms with van der Waals surface area (Å²) in [4.78, 5) is 34.4. The van der Waals surface area contributed by atoms with Crippen molar-refractivity contribution in [3.05, 3.63) is 36.5 Å². The van der Waals surface area contributed by atoms with Gasteiger partial charge in [0.15, 0.2) is 6.10 Å². The Morgan fingerprint density at radius 2 is 1.22 bits per heavy atom. The molecule has 11 heteroatoms. The molecule has 0 heterocycles. The molecule has 0 bridgehead atoms. The third-order valence-corrected chi connectivity index (χ3v) is 7.76. The first-order valence-electron chi connectivity index (χ1n) is 16.9. The maximum atomic E-state index is 12.5. The molecule has 0 aliphatic rings. The molecule has 3 atom stereocenters. The largest absolute Gasteiger partial charge is 0.472 e. The zero-order valence-electron chi connectivity index (χ0n) is 27.8. The second kappa shape index (κ2) is 30.8. The van der Waals surface area contributed by atoms with Crippen LogP contribution in [-0.2, 0) is 32.7 Å². The number of esters is 2. The lowest BCUT2D eigenvalue weighted by Crippen LogP contribution is -2.29. The van der Waals surface area contributed by atoms with Gasteiger partial charge in [0.1, 0.15) is 12.7 Å². The van der Waals surface area contributed by atoms with Crippen LogP contribution in [0, 0.1) is 0 Å². The van der Waals surface area contributed by atoms with E-state index in [1.54, 1.807) is 0 Å². The third-order valence-electron chi connectivity index (χ3n) is 6.81. The smallest absolute Gasteiger partial charge is 0.462 e. The van der Waals surface area contributed by atoms with Gasteiger partial charge in [-0.2, -0.15) is 0 Å². The molecule has 0 aromatic rings. The number of unbranched alkanes of at least 4 members (excludes halogenated alkanes) is 11. The molecular weight excluding hydrogens is 599 g/mol. The molecule has 0 aromatic carbocycles. The van der Waals surface area contributed by atoms with Gasteiger partial charge in [0.05, 0.1) is 19.8 Å². The third kappa shape index (κ3) is 30.6. The van der Waals surface area contributed by atoms with Crippen LogP contribution in [0.3, 0.4) is 0 Å². The minimum absolute atomic E-state index is 0.173. The van der Waals surface area contributed by atoms with E-state index in [4.69, 9.17) is 19.1 Å². The Hall–Kier alpha value is -1.81. The quantitative estimate of drug-likeness (QED) is 0.0293. The van der Waals surface area contributed by atoms with E-state index in [0.717, 1.165) is 77.0 Å². The van der Waals surface area contributed by atoms with E-state index in [2.05, 4.69) is 54.8 Å². The van der Waals surface area contributed by atoms with Crippen molar-refractivity contribution in [1.82, 2.24) is 0 Å². The summed E-state index contributed by atoms with van der Waals surface area (Å²) in [6.07, 6.45) is 27.4. The highest BCUT2D eigenvalue weighted by molar-refractivity contribution is 7.47. The van der Waals surface area contributed by atoms with Gasteiger partial charge < -0.3 is 24.6 Å². The molecule has 0 saturated heterocycles. The average Bonchev–Trinajstić information content (AvgIpc) is 3.02. The van der Waals surface area contributed by atoms with Crippen LogP contribution >= 0.6 is 7.82 Å². The number of phosphoric ester groups is 1. The first-order chi connectivity index (χ1) is 21.7. The molecule has 0 aliphatic carbocycles. The van der Waals surface area contributed by atoms with Gasteiger partial charge in [-0.25, -0.2) is 4.57 Å². The van der Waals surface area contributed by atoms with Crippen molar-refractivity contribution in [2.24, 2.45) is 0 Å². The van der Waals surface area contributed by atoms with Crippen LogP contribution in [0.15, 0.2) is 36.5 Å². The zero-order chi connectivity index (χ0) is 33.4. The van der Waals surface area contributed by atoms with Crippen molar-refractivity contribution < 1.29 is 47.8 Å². The summed E-state index contributed by atoms with van der Waals surface area (Å²) in [7, 11) is -4.60. The highest BCUT2D eigenvalue weighted by Gasteiger charge is 2.27. The molecule has 45 heavy (non-hydrogen) atoms. The topological polar surface area (TPSA) is 149 Å². The fourth-order valence-electron chi connectivity index (χ4n) is 4.18. The molecule has 0 spiro atoms. The summed E-state index contributed by atoms with van der Waals surface area (Å²) in [5.74, 6) is -0.955. The van der Waals surface area contributed by atoms with E-state index >= 15 is 0 Å². The summed E-state index contributed by atoms with van der Waals surface area (Å²) in [6.45, 7) is 2.12. The second-order valence-corrected chi connectivity index (χ2v) is 12.6. The van der Waals surface area contributed by atoms with E-state index in [-0.39, 0.29) is 19.4 Å². The van der Waals surface area contributed by atoms with Gasteiger partial charge in [0.2, 0.25) is 0 Å². The predicted octanol–water partition coefficient (Wildman–Crippen LogP) is 7.66. The van der Waals surface area contributed by atoms with Crippen LogP contribution in [0.25, 0.3) is 0 Å². The number of carbonyl (C=O) groups is 2. The summed E-state index contributed by atoms with van der Waals surface area (Å²) in [5, 5.41) is 18.2. The lowest BCUT2D eigenvalue weighted by molar-refractivity contribution is -0.161. The first kappa shape index (κ1) is 43.2. The SMILES string of the molecule is CC/C=C\C/C=C\C/C=C\CCCCCCCCCC(=O)OC(COC(=O)CCCCCCC)COP(=O)(O)OCC(O)CO. The van der Waals surface area contributed by atoms with Gasteiger partial charge in [-0.3, -0.25) is 18.6 Å². The summed E-state index contributed by atoms with van der Waals surface area (Å²) >= 11 is 0. The molecule has 0 radical (unpaired) electrons.